The molecule has 0 radical (unpaired) electrons. The van der Waals surface area contributed by atoms with Crippen LogP contribution in [0.25, 0.3) is 0 Å². The van der Waals surface area contributed by atoms with E-state index in [0.717, 1.165) is 0 Å². The molecular formula is C25H29F6N2O5Pd-. The van der Waals surface area contributed by atoms with Gasteiger partial charge >= 0.3 is 24.3 Å². The van der Waals surface area contributed by atoms with Crippen LogP contribution in [0.2, 0.25) is 0 Å². The molecule has 2 aromatic carbocycles. The first-order valence-electron chi connectivity index (χ1n) is 10.6. The maximum absolute atomic E-state index is 10.6. The number of carboxylic acid groups (broad SMARTS) is 2. The van der Waals surface area contributed by atoms with Crippen LogP contribution in [0.1, 0.15) is 33.4 Å². The Balaban J connectivity index is 0. The van der Waals surface area contributed by atoms with Crippen LogP contribution in [-0.2, 0) is 30.0 Å². The normalized spacial score (nSPS) is 12.3. The Morgan fingerprint density at radius 2 is 0.846 bits per heavy atom. The molecule has 4 N–H and O–H groups in total. The minimum absolute atomic E-state index is 0. The fourth-order valence-corrected chi connectivity index (χ4v) is 3.78. The third-order valence-corrected chi connectivity index (χ3v) is 4.91. The molecule has 222 valence electrons. The van der Waals surface area contributed by atoms with Crippen LogP contribution in [0.15, 0.2) is 36.7 Å². The number of nitrogens with zero attached hydrogens (tertiary/aromatic N) is 2. The van der Waals surface area contributed by atoms with E-state index in [-0.39, 0.29) is 25.9 Å². The minimum atomic E-state index is -5.08. The molecule has 3 rings (SSSR count). The van der Waals surface area contributed by atoms with Gasteiger partial charge in [0.1, 0.15) is 0 Å². The molecular weight excluding hydrogens is 629 g/mol. The summed E-state index contributed by atoms with van der Waals surface area (Å²) in [6, 6.07) is 8.98. The Kier molecular flexibility index (Phi) is 14.6. The monoisotopic (exact) mass is 657 g/mol. The largest absolute Gasteiger partial charge is 0.490 e. The van der Waals surface area contributed by atoms with Gasteiger partial charge in [0.25, 0.3) is 0 Å². The summed E-state index contributed by atoms with van der Waals surface area (Å²) in [5, 5.41) is 14.2. The Morgan fingerprint density at radius 3 is 1.03 bits per heavy atom. The van der Waals surface area contributed by atoms with Crippen LogP contribution in [0.3, 0.4) is 0 Å². The zero-order valence-corrected chi connectivity index (χ0v) is 23.3. The van der Waals surface area contributed by atoms with Gasteiger partial charge in [-0.15, -0.1) is 6.67 Å². The van der Waals surface area contributed by atoms with Crippen molar-refractivity contribution < 1.29 is 72.0 Å². The third kappa shape index (κ3) is 11.3. The molecule has 39 heavy (non-hydrogen) atoms. The number of carboxylic acids is 2. The van der Waals surface area contributed by atoms with E-state index in [1.807, 2.05) is 0 Å². The second-order valence-electron chi connectivity index (χ2n) is 8.33. The van der Waals surface area contributed by atoms with E-state index in [2.05, 4.69) is 94.7 Å². The number of alkyl halides is 6. The third-order valence-electron chi connectivity index (χ3n) is 4.91. The molecule has 14 heteroatoms. The predicted octanol–water partition coefficient (Wildman–Crippen LogP) is 5.89. The number of rotatable bonds is 2. The first-order chi connectivity index (χ1) is 16.7. The summed E-state index contributed by atoms with van der Waals surface area (Å²) in [6.07, 6.45) is -5.88. The maximum atomic E-state index is 10.6. The van der Waals surface area contributed by atoms with Crippen molar-refractivity contribution in [2.24, 2.45) is 0 Å². The minimum Gasteiger partial charge on any atom is -0.479 e. The van der Waals surface area contributed by atoms with Crippen LogP contribution < -0.4 is 9.80 Å². The van der Waals surface area contributed by atoms with Crippen LogP contribution in [-0.4, -0.2) is 40.0 Å². The molecule has 2 aromatic rings. The quantitative estimate of drug-likeness (QED) is 0.237. The second kappa shape index (κ2) is 14.9. The molecule has 0 aliphatic carbocycles. The number of aliphatic carboxylic acids is 2. The number of halogens is 6. The standard InChI is InChI=1S/C21H25N2.2C2HF3O2.H2O.Pd/c1-14-9-16(3)20(17(4)10-14)22-7-8-23(13-22)21-18(5)11-15(2)12-19(21)6;2*3-2(4,5)1(6)7;;/h7-13H,1-6H3;2*(H,6,7);1H2;/q-1;;;;. The molecule has 0 saturated heterocycles. The van der Waals surface area contributed by atoms with Gasteiger partial charge < -0.3 is 25.5 Å². The molecule has 1 aliphatic heterocycles. The Bertz CT molecular complexity index is 1050. The van der Waals surface area contributed by atoms with Gasteiger partial charge in [0.05, 0.1) is 0 Å². The average Bonchev–Trinajstić information content (AvgIpc) is 3.14. The van der Waals surface area contributed by atoms with Gasteiger partial charge in [-0.3, -0.25) is 0 Å². The molecule has 0 fully saturated rings. The first kappa shape index (κ1) is 38.1. The fourth-order valence-electron chi connectivity index (χ4n) is 3.78. The van der Waals surface area contributed by atoms with E-state index in [9.17, 15) is 26.3 Å². The molecule has 0 saturated carbocycles. The van der Waals surface area contributed by atoms with Crippen molar-refractivity contribution in [2.75, 3.05) is 9.80 Å². The summed E-state index contributed by atoms with van der Waals surface area (Å²) in [5.41, 5.74) is 10.4. The van der Waals surface area contributed by atoms with E-state index in [1.165, 1.54) is 44.8 Å². The summed E-state index contributed by atoms with van der Waals surface area (Å²) in [4.78, 5) is 22.2. The Morgan fingerprint density at radius 1 is 0.641 bits per heavy atom. The molecule has 0 aromatic heterocycles. The second-order valence-corrected chi connectivity index (χ2v) is 8.33. The molecule has 0 amide bonds. The van der Waals surface area contributed by atoms with E-state index in [0.29, 0.717) is 0 Å². The van der Waals surface area contributed by atoms with Crippen LogP contribution in [0.4, 0.5) is 37.7 Å². The number of anilines is 2. The summed E-state index contributed by atoms with van der Waals surface area (Å²) in [5.74, 6) is -5.51. The number of hydrogen-bond donors (Lipinski definition) is 2. The summed E-state index contributed by atoms with van der Waals surface area (Å²) >= 11 is 0. The van der Waals surface area contributed by atoms with Crippen molar-refractivity contribution in [1.29, 1.82) is 0 Å². The predicted molar refractivity (Wildman–Crippen MR) is 131 cm³/mol. The van der Waals surface area contributed by atoms with Crippen LogP contribution >= 0.6 is 0 Å². The fraction of sp³-hybridized carbons (Fsp3) is 0.320. The zero-order chi connectivity index (χ0) is 28.9. The Labute approximate surface area is 235 Å². The van der Waals surface area contributed by atoms with Gasteiger partial charge in [0, 0.05) is 31.8 Å². The van der Waals surface area contributed by atoms with Crippen molar-refractivity contribution in [3.8, 4) is 0 Å². The van der Waals surface area contributed by atoms with Crippen molar-refractivity contribution in [3.63, 3.8) is 0 Å². The Hall–Kier alpha value is -3.08. The number of benzene rings is 2. The van der Waals surface area contributed by atoms with Crippen molar-refractivity contribution in [1.82, 2.24) is 0 Å². The molecule has 1 aliphatic rings. The van der Waals surface area contributed by atoms with E-state index < -0.39 is 24.3 Å². The topological polar surface area (TPSA) is 113 Å². The van der Waals surface area contributed by atoms with Gasteiger partial charge in [0.15, 0.2) is 0 Å². The molecule has 0 spiro atoms. The van der Waals surface area contributed by atoms with Crippen LogP contribution in [0.5, 0.6) is 0 Å². The summed E-state index contributed by atoms with van der Waals surface area (Å²) in [6.45, 7) is 15.2. The maximum Gasteiger partial charge on any atom is 0.490 e. The van der Waals surface area contributed by atoms with Gasteiger partial charge in [0.2, 0.25) is 0 Å². The average molecular weight is 658 g/mol. The first-order valence-corrected chi connectivity index (χ1v) is 10.6. The van der Waals surface area contributed by atoms with E-state index in [4.69, 9.17) is 19.8 Å². The van der Waals surface area contributed by atoms with E-state index >= 15 is 0 Å². The van der Waals surface area contributed by atoms with Crippen molar-refractivity contribution in [3.05, 3.63) is 76.7 Å². The molecule has 0 atom stereocenters. The molecule has 0 bridgehead atoms. The number of hydrogen-bond acceptors (Lipinski definition) is 4. The van der Waals surface area contributed by atoms with Crippen molar-refractivity contribution in [2.45, 2.75) is 53.9 Å². The van der Waals surface area contributed by atoms with Gasteiger partial charge in [-0.05, 0) is 76.2 Å². The smallest absolute Gasteiger partial charge is 0.479 e. The molecule has 1 heterocycles. The summed E-state index contributed by atoms with van der Waals surface area (Å²) in [7, 11) is 0. The van der Waals surface area contributed by atoms with E-state index in [1.54, 1.807) is 0 Å². The van der Waals surface area contributed by atoms with Gasteiger partial charge in [-0.1, -0.05) is 35.4 Å². The summed E-state index contributed by atoms with van der Waals surface area (Å²) < 4.78 is 63.5. The molecule has 0 unspecified atom stereocenters. The number of carbonyl (C=O) groups is 2. The molecule has 7 nitrogen and oxygen atoms in total. The zero-order valence-electron chi connectivity index (χ0n) is 21.7. The van der Waals surface area contributed by atoms with Gasteiger partial charge in [-0.25, -0.2) is 9.59 Å². The van der Waals surface area contributed by atoms with Crippen molar-refractivity contribution >= 4 is 23.3 Å². The van der Waals surface area contributed by atoms with Crippen LogP contribution in [0, 0.1) is 48.2 Å². The SMILES string of the molecule is Cc1cc(C)c(N2C=CN(c3c(C)cc(C)cc3C)[CH-]2)c(C)c1.O.O=C(O)C(F)(F)F.O=C(O)C(F)(F)F.[Pd]. The number of aryl methyl sites for hydroxylation is 6. The van der Waals surface area contributed by atoms with Gasteiger partial charge in [-0.2, -0.15) is 26.3 Å².